The molecular formula is C28H39N5O3. The van der Waals surface area contributed by atoms with E-state index in [-0.39, 0.29) is 17.8 Å². The number of anilines is 2. The Bertz CT molecular complexity index is 1050. The average Bonchev–Trinajstić information content (AvgIpc) is 3.14. The highest BCUT2D eigenvalue weighted by molar-refractivity contribution is 6.02. The fourth-order valence-electron chi connectivity index (χ4n) is 4.40. The SMILES string of the molecule is CCCNC(=O)Nc1ccc(N2CCCN(C(=O)c3ccc(C)cc3)CC2)c(C(=O)N(CC)CC)c1. The van der Waals surface area contributed by atoms with Crippen LogP contribution >= 0.6 is 0 Å². The molecule has 36 heavy (non-hydrogen) atoms. The van der Waals surface area contributed by atoms with E-state index in [4.69, 9.17) is 0 Å². The van der Waals surface area contributed by atoms with Crippen LogP contribution in [0.4, 0.5) is 16.2 Å². The highest BCUT2D eigenvalue weighted by Crippen LogP contribution is 2.27. The number of amides is 4. The lowest BCUT2D eigenvalue weighted by atomic mass is 10.1. The van der Waals surface area contributed by atoms with Crippen molar-refractivity contribution in [3.63, 3.8) is 0 Å². The normalized spacial score (nSPS) is 13.7. The molecule has 1 aliphatic heterocycles. The standard InChI is InChI=1S/C28H39N5O3/c1-5-15-29-28(36)30-23-13-14-25(24(20-23)27(35)31(6-2)7-3)32-16-8-17-33(19-18-32)26(34)22-11-9-21(4)10-12-22/h9-14,20H,5-8,15-19H2,1-4H3,(H2,29,30,36). The summed E-state index contributed by atoms with van der Waals surface area (Å²) < 4.78 is 0. The zero-order chi connectivity index (χ0) is 26.1. The summed E-state index contributed by atoms with van der Waals surface area (Å²) in [4.78, 5) is 44.6. The van der Waals surface area contributed by atoms with Crippen molar-refractivity contribution < 1.29 is 14.4 Å². The van der Waals surface area contributed by atoms with Crippen LogP contribution in [0.1, 0.15) is 59.9 Å². The molecule has 8 heteroatoms. The second kappa shape index (κ2) is 13.0. The number of rotatable bonds is 8. The number of nitrogens with one attached hydrogen (secondary N) is 2. The lowest BCUT2D eigenvalue weighted by Gasteiger charge is -2.28. The van der Waals surface area contributed by atoms with Crippen LogP contribution in [0.15, 0.2) is 42.5 Å². The summed E-state index contributed by atoms with van der Waals surface area (Å²) in [7, 11) is 0. The summed E-state index contributed by atoms with van der Waals surface area (Å²) in [6.45, 7) is 12.3. The molecule has 1 aliphatic rings. The predicted molar refractivity (Wildman–Crippen MR) is 145 cm³/mol. The van der Waals surface area contributed by atoms with Gasteiger partial charge in [-0.05, 0) is 63.9 Å². The molecule has 0 unspecified atom stereocenters. The quantitative estimate of drug-likeness (QED) is 0.572. The maximum Gasteiger partial charge on any atom is 0.319 e. The molecule has 0 atom stereocenters. The maximum absolute atomic E-state index is 13.5. The molecule has 194 valence electrons. The van der Waals surface area contributed by atoms with Crippen LogP contribution in [0.5, 0.6) is 0 Å². The number of carbonyl (C=O) groups is 3. The summed E-state index contributed by atoms with van der Waals surface area (Å²) >= 11 is 0. The number of aryl methyl sites for hydroxylation is 1. The minimum absolute atomic E-state index is 0.0360. The van der Waals surface area contributed by atoms with Gasteiger partial charge in [-0.2, -0.15) is 0 Å². The van der Waals surface area contributed by atoms with Gasteiger partial charge in [0.15, 0.2) is 0 Å². The minimum Gasteiger partial charge on any atom is -0.369 e. The van der Waals surface area contributed by atoms with Gasteiger partial charge >= 0.3 is 6.03 Å². The lowest BCUT2D eigenvalue weighted by molar-refractivity contribution is 0.0760. The molecule has 1 saturated heterocycles. The topological polar surface area (TPSA) is 85.0 Å². The highest BCUT2D eigenvalue weighted by atomic mass is 16.2. The summed E-state index contributed by atoms with van der Waals surface area (Å²) in [6.07, 6.45) is 1.65. The van der Waals surface area contributed by atoms with Gasteiger partial charge in [-0.1, -0.05) is 24.6 Å². The van der Waals surface area contributed by atoms with E-state index < -0.39 is 0 Å². The molecule has 0 aliphatic carbocycles. The van der Waals surface area contributed by atoms with Crippen molar-refractivity contribution >= 4 is 29.2 Å². The number of carbonyl (C=O) groups excluding carboxylic acids is 3. The molecule has 0 bridgehead atoms. The van der Waals surface area contributed by atoms with E-state index in [0.717, 1.165) is 30.6 Å². The van der Waals surface area contributed by atoms with Crippen LogP contribution in [0.3, 0.4) is 0 Å². The molecule has 0 aromatic heterocycles. The summed E-state index contributed by atoms with van der Waals surface area (Å²) in [5.41, 5.74) is 3.79. The summed E-state index contributed by atoms with van der Waals surface area (Å²) in [5.74, 6) is -0.0293. The summed E-state index contributed by atoms with van der Waals surface area (Å²) in [6, 6.07) is 12.9. The van der Waals surface area contributed by atoms with Gasteiger partial charge in [0.1, 0.15) is 0 Å². The summed E-state index contributed by atoms with van der Waals surface area (Å²) in [5, 5.41) is 5.64. The first-order chi connectivity index (χ1) is 17.4. The Balaban J connectivity index is 1.82. The third-order valence-corrected chi connectivity index (χ3v) is 6.49. The van der Waals surface area contributed by atoms with Crippen molar-refractivity contribution in [2.24, 2.45) is 0 Å². The Kier molecular flexibility index (Phi) is 9.73. The maximum atomic E-state index is 13.5. The van der Waals surface area contributed by atoms with Gasteiger partial charge in [-0.25, -0.2) is 4.79 Å². The van der Waals surface area contributed by atoms with E-state index in [0.29, 0.717) is 56.1 Å². The minimum atomic E-state index is -0.286. The molecule has 0 spiro atoms. The van der Waals surface area contributed by atoms with Crippen LogP contribution in [0, 0.1) is 6.92 Å². The zero-order valence-electron chi connectivity index (χ0n) is 22.0. The molecule has 1 fully saturated rings. The number of hydrogen-bond donors (Lipinski definition) is 2. The third-order valence-electron chi connectivity index (χ3n) is 6.49. The van der Waals surface area contributed by atoms with Gasteiger partial charge in [0.05, 0.1) is 5.56 Å². The van der Waals surface area contributed by atoms with Crippen LogP contribution in [-0.2, 0) is 0 Å². The molecule has 2 aromatic carbocycles. The van der Waals surface area contributed by atoms with Crippen LogP contribution in [0.25, 0.3) is 0 Å². The van der Waals surface area contributed by atoms with Gasteiger partial charge in [-0.15, -0.1) is 0 Å². The largest absolute Gasteiger partial charge is 0.369 e. The Morgan fingerprint density at radius 2 is 1.64 bits per heavy atom. The fraction of sp³-hybridized carbons (Fsp3) is 0.464. The van der Waals surface area contributed by atoms with Gasteiger partial charge in [-0.3, -0.25) is 9.59 Å². The molecule has 4 amide bonds. The van der Waals surface area contributed by atoms with Crippen molar-refractivity contribution in [2.45, 2.75) is 40.5 Å². The van der Waals surface area contributed by atoms with E-state index in [1.807, 2.05) is 69.0 Å². The van der Waals surface area contributed by atoms with E-state index >= 15 is 0 Å². The van der Waals surface area contributed by atoms with Crippen molar-refractivity contribution in [1.82, 2.24) is 15.1 Å². The Morgan fingerprint density at radius 1 is 0.917 bits per heavy atom. The van der Waals surface area contributed by atoms with Crippen LogP contribution in [-0.4, -0.2) is 73.5 Å². The number of urea groups is 1. The Hall–Kier alpha value is -3.55. The highest BCUT2D eigenvalue weighted by Gasteiger charge is 2.25. The molecule has 2 aromatic rings. The van der Waals surface area contributed by atoms with E-state index in [1.165, 1.54) is 0 Å². The first-order valence-corrected chi connectivity index (χ1v) is 13.0. The van der Waals surface area contributed by atoms with Gasteiger partial charge in [0, 0.05) is 62.8 Å². The molecule has 0 saturated carbocycles. The first kappa shape index (κ1) is 27.0. The Labute approximate surface area is 214 Å². The second-order valence-corrected chi connectivity index (χ2v) is 9.09. The predicted octanol–water partition coefficient (Wildman–Crippen LogP) is 4.36. The van der Waals surface area contributed by atoms with Crippen molar-refractivity contribution in [3.8, 4) is 0 Å². The van der Waals surface area contributed by atoms with Crippen LogP contribution < -0.4 is 15.5 Å². The van der Waals surface area contributed by atoms with Crippen LogP contribution in [0.2, 0.25) is 0 Å². The second-order valence-electron chi connectivity index (χ2n) is 9.09. The average molecular weight is 494 g/mol. The van der Waals surface area contributed by atoms with Gasteiger partial charge in [0.2, 0.25) is 0 Å². The van der Waals surface area contributed by atoms with E-state index in [2.05, 4.69) is 15.5 Å². The van der Waals surface area contributed by atoms with Crippen molar-refractivity contribution in [2.75, 3.05) is 56.0 Å². The molecule has 1 heterocycles. The van der Waals surface area contributed by atoms with E-state index in [1.54, 1.807) is 11.0 Å². The third kappa shape index (κ3) is 6.77. The van der Waals surface area contributed by atoms with Crippen molar-refractivity contribution in [3.05, 3.63) is 59.2 Å². The Morgan fingerprint density at radius 3 is 2.31 bits per heavy atom. The molecule has 3 rings (SSSR count). The smallest absolute Gasteiger partial charge is 0.319 e. The number of hydrogen-bond acceptors (Lipinski definition) is 4. The van der Waals surface area contributed by atoms with Gasteiger partial charge < -0.3 is 25.3 Å². The molecule has 2 N–H and O–H groups in total. The zero-order valence-corrected chi connectivity index (χ0v) is 22.0. The first-order valence-electron chi connectivity index (χ1n) is 13.0. The fourth-order valence-corrected chi connectivity index (χ4v) is 4.40. The van der Waals surface area contributed by atoms with E-state index in [9.17, 15) is 14.4 Å². The monoisotopic (exact) mass is 493 g/mol. The number of benzene rings is 2. The molecule has 0 radical (unpaired) electrons. The van der Waals surface area contributed by atoms with Crippen molar-refractivity contribution in [1.29, 1.82) is 0 Å². The number of nitrogens with zero attached hydrogens (tertiary/aromatic N) is 3. The molecule has 8 nitrogen and oxygen atoms in total. The lowest BCUT2D eigenvalue weighted by Crippen LogP contribution is -2.36. The molecular weight excluding hydrogens is 454 g/mol. The van der Waals surface area contributed by atoms with Gasteiger partial charge in [0.25, 0.3) is 11.8 Å².